The molecule has 0 saturated carbocycles. The topological polar surface area (TPSA) is 39.6 Å². The lowest BCUT2D eigenvalue weighted by atomic mass is 10.4. The van der Waals surface area contributed by atoms with E-state index in [0.717, 1.165) is 23.1 Å². The molecule has 0 amide bonds. The van der Waals surface area contributed by atoms with E-state index in [1.54, 1.807) is 0 Å². The normalized spacial score (nSPS) is 16.6. The summed E-state index contributed by atoms with van der Waals surface area (Å²) in [7, 11) is 2.02. The van der Waals surface area contributed by atoms with Crippen molar-refractivity contribution in [3.8, 4) is 0 Å². The van der Waals surface area contributed by atoms with Crippen molar-refractivity contribution in [1.29, 1.82) is 0 Å². The van der Waals surface area contributed by atoms with Crippen molar-refractivity contribution in [2.75, 3.05) is 38.1 Å². The Kier molecular flexibility index (Phi) is 4.62. The quantitative estimate of drug-likeness (QED) is 0.890. The van der Waals surface area contributed by atoms with Crippen LogP contribution in [0.5, 0.6) is 0 Å². The van der Waals surface area contributed by atoms with Crippen LogP contribution >= 0.6 is 22.9 Å². The molecule has 17 heavy (non-hydrogen) atoms. The highest BCUT2D eigenvalue weighted by Gasteiger charge is 2.15. The van der Waals surface area contributed by atoms with Gasteiger partial charge in [-0.25, -0.2) is 4.98 Å². The van der Waals surface area contributed by atoms with Crippen LogP contribution in [0, 0.1) is 0 Å². The fourth-order valence-corrected chi connectivity index (χ4v) is 3.08. The zero-order valence-electron chi connectivity index (χ0n) is 10.0. The number of aliphatic hydroxyl groups is 1. The van der Waals surface area contributed by atoms with Crippen molar-refractivity contribution in [1.82, 2.24) is 9.88 Å². The predicted molar refractivity (Wildman–Crippen MR) is 72.0 cm³/mol. The van der Waals surface area contributed by atoms with Crippen LogP contribution in [0.3, 0.4) is 0 Å². The van der Waals surface area contributed by atoms with E-state index in [9.17, 15) is 0 Å². The standard InChI is InChI=1S/C11H18ClN3OS/c1-14(6-7-15-4-2-3-5-15)11-13-10(12)9(8-16)17-11/h16H,2-8H2,1H3. The molecule has 0 aromatic carbocycles. The Labute approximate surface area is 111 Å². The van der Waals surface area contributed by atoms with Crippen molar-refractivity contribution < 1.29 is 5.11 Å². The maximum Gasteiger partial charge on any atom is 0.186 e. The lowest BCUT2D eigenvalue weighted by molar-refractivity contribution is 0.285. The summed E-state index contributed by atoms with van der Waals surface area (Å²) in [6.07, 6.45) is 2.64. The molecular formula is C11H18ClN3OS. The molecule has 0 spiro atoms. The Morgan fingerprint density at radius 2 is 2.18 bits per heavy atom. The molecule has 0 radical (unpaired) electrons. The SMILES string of the molecule is CN(CCN1CCCC1)c1nc(Cl)c(CO)s1. The molecule has 1 N–H and O–H groups in total. The third-order valence-electron chi connectivity index (χ3n) is 3.06. The molecule has 1 fully saturated rings. The van der Waals surface area contributed by atoms with Gasteiger partial charge >= 0.3 is 0 Å². The van der Waals surface area contributed by atoms with E-state index in [2.05, 4.69) is 14.8 Å². The van der Waals surface area contributed by atoms with E-state index in [0.29, 0.717) is 5.15 Å². The summed E-state index contributed by atoms with van der Waals surface area (Å²) in [5.41, 5.74) is 0. The molecule has 4 nitrogen and oxygen atoms in total. The third-order valence-corrected chi connectivity index (χ3v) is 4.64. The van der Waals surface area contributed by atoms with Crippen LogP contribution in [0.4, 0.5) is 5.13 Å². The average Bonchev–Trinajstić information content (AvgIpc) is 2.94. The second kappa shape index (κ2) is 6.00. The zero-order valence-corrected chi connectivity index (χ0v) is 11.6. The van der Waals surface area contributed by atoms with Gasteiger partial charge in [-0.15, -0.1) is 0 Å². The van der Waals surface area contributed by atoms with Crippen LogP contribution in [-0.4, -0.2) is 48.2 Å². The second-order valence-electron chi connectivity index (χ2n) is 4.34. The molecule has 0 unspecified atom stereocenters. The maximum atomic E-state index is 9.08. The minimum atomic E-state index is -0.0313. The number of aliphatic hydroxyl groups excluding tert-OH is 1. The molecule has 1 aliphatic heterocycles. The lowest BCUT2D eigenvalue weighted by Gasteiger charge is -2.20. The third kappa shape index (κ3) is 3.31. The summed E-state index contributed by atoms with van der Waals surface area (Å²) in [6.45, 7) is 4.43. The van der Waals surface area contributed by atoms with Crippen molar-refractivity contribution in [3.05, 3.63) is 10.0 Å². The molecule has 1 aromatic rings. The number of halogens is 1. The van der Waals surface area contributed by atoms with Gasteiger partial charge < -0.3 is 14.9 Å². The first kappa shape index (κ1) is 13.1. The van der Waals surface area contributed by atoms with E-state index in [4.69, 9.17) is 16.7 Å². The van der Waals surface area contributed by atoms with Gasteiger partial charge in [-0.05, 0) is 25.9 Å². The number of anilines is 1. The smallest absolute Gasteiger partial charge is 0.186 e. The Hall–Kier alpha value is -0.360. The fourth-order valence-electron chi connectivity index (χ4n) is 1.98. The number of hydrogen-bond donors (Lipinski definition) is 1. The predicted octanol–water partition coefficient (Wildman–Crippen LogP) is 1.82. The Bertz CT molecular complexity index is 366. The number of thiazole rings is 1. The summed E-state index contributed by atoms with van der Waals surface area (Å²) in [6, 6.07) is 0. The molecule has 6 heteroatoms. The molecule has 1 aliphatic rings. The van der Waals surface area contributed by atoms with Crippen LogP contribution in [0.25, 0.3) is 0 Å². The van der Waals surface area contributed by atoms with Gasteiger partial charge in [0.05, 0.1) is 11.5 Å². The monoisotopic (exact) mass is 275 g/mol. The summed E-state index contributed by atoms with van der Waals surface area (Å²) >= 11 is 7.38. The van der Waals surface area contributed by atoms with Gasteiger partial charge in [-0.1, -0.05) is 22.9 Å². The number of hydrogen-bond acceptors (Lipinski definition) is 5. The lowest BCUT2D eigenvalue weighted by Crippen LogP contribution is -2.31. The van der Waals surface area contributed by atoms with Crippen LogP contribution in [0.2, 0.25) is 5.15 Å². The first-order valence-electron chi connectivity index (χ1n) is 5.90. The summed E-state index contributed by atoms with van der Waals surface area (Å²) in [5, 5.41) is 10.4. The van der Waals surface area contributed by atoms with E-state index in [1.165, 1.54) is 37.3 Å². The van der Waals surface area contributed by atoms with Crippen LogP contribution in [0.15, 0.2) is 0 Å². The molecule has 2 rings (SSSR count). The Morgan fingerprint density at radius 1 is 1.47 bits per heavy atom. The number of rotatable bonds is 5. The summed E-state index contributed by atoms with van der Waals surface area (Å²) in [5.74, 6) is 0. The molecular weight excluding hydrogens is 258 g/mol. The molecule has 1 saturated heterocycles. The highest BCUT2D eigenvalue weighted by molar-refractivity contribution is 7.16. The number of likely N-dealkylation sites (N-methyl/N-ethyl adjacent to an activating group) is 1. The van der Waals surface area contributed by atoms with Gasteiger partial charge in [0.15, 0.2) is 5.13 Å². The molecule has 0 atom stereocenters. The van der Waals surface area contributed by atoms with Crippen LogP contribution in [0.1, 0.15) is 17.7 Å². The van der Waals surface area contributed by atoms with Crippen LogP contribution in [-0.2, 0) is 6.61 Å². The van der Waals surface area contributed by atoms with E-state index in [-0.39, 0.29) is 6.61 Å². The fraction of sp³-hybridized carbons (Fsp3) is 0.727. The van der Waals surface area contributed by atoms with Gasteiger partial charge in [0, 0.05) is 20.1 Å². The minimum Gasteiger partial charge on any atom is -0.391 e. The van der Waals surface area contributed by atoms with Gasteiger partial charge in [0.2, 0.25) is 0 Å². The molecule has 96 valence electrons. The molecule has 0 aliphatic carbocycles. The zero-order chi connectivity index (χ0) is 12.3. The Balaban J connectivity index is 1.87. The van der Waals surface area contributed by atoms with Crippen molar-refractivity contribution in [2.45, 2.75) is 19.4 Å². The highest BCUT2D eigenvalue weighted by Crippen LogP contribution is 2.28. The first-order valence-corrected chi connectivity index (χ1v) is 7.09. The van der Waals surface area contributed by atoms with E-state index < -0.39 is 0 Å². The first-order chi connectivity index (χ1) is 8.20. The largest absolute Gasteiger partial charge is 0.391 e. The van der Waals surface area contributed by atoms with Gasteiger partial charge in [0.1, 0.15) is 5.15 Å². The summed E-state index contributed by atoms with van der Waals surface area (Å²) in [4.78, 5) is 9.58. The number of likely N-dealkylation sites (tertiary alicyclic amines) is 1. The van der Waals surface area contributed by atoms with Crippen molar-refractivity contribution >= 4 is 28.1 Å². The van der Waals surface area contributed by atoms with E-state index >= 15 is 0 Å². The van der Waals surface area contributed by atoms with Gasteiger partial charge in [-0.2, -0.15) is 0 Å². The maximum absolute atomic E-state index is 9.08. The Morgan fingerprint density at radius 3 is 2.76 bits per heavy atom. The van der Waals surface area contributed by atoms with E-state index in [1.807, 2.05) is 7.05 Å². The van der Waals surface area contributed by atoms with Crippen LogP contribution < -0.4 is 4.90 Å². The molecule has 2 heterocycles. The summed E-state index contributed by atoms with van der Waals surface area (Å²) < 4.78 is 0. The molecule has 0 bridgehead atoms. The van der Waals surface area contributed by atoms with Gasteiger partial charge in [-0.3, -0.25) is 0 Å². The van der Waals surface area contributed by atoms with Crippen molar-refractivity contribution in [3.63, 3.8) is 0 Å². The highest BCUT2D eigenvalue weighted by atomic mass is 35.5. The number of nitrogens with zero attached hydrogens (tertiary/aromatic N) is 3. The molecule has 1 aromatic heterocycles. The number of aromatic nitrogens is 1. The minimum absolute atomic E-state index is 0.0313. The second-order valence-corrected chi connectivity index (χ2v) is 5.76. The van der Waals surface area contributed by atoms with Gasteiger partial charge in [0.25, 0.3) is 0 Å². The average molecular weight is 276 g/mol. The van der Waals surface area contributed by atoms with Crippen molar-refractivity contribution in [2.24, 2.45) is 0 Å².